The van der Waals surface area contributed by atoms with Gasteiger partial charge in [-0.3, -0.25) is 4.79 Å². The van der Waals surface area contributed by atoms with Crippen molar-refractivity contribution in [3.8, 4) is 0 Å². The molecule has 0 spiro atoms. The van der Waals surface area contributed by atoms with Crippen LogP contribution in [0.3, 0.4) is 0 Å². The average molecular weight is 212 g/mol. The maximum absolute atomic E-state index is 11.5. The van der Waals surface area contributed by atoms with E-state index in [2.05, 4.69) is 5.10 Å². The molecule has 1 amide bonds. The van der Waals surface area contributed by atoms with Gasteiger partial charge in [-0.15, -0.1) is 0 Å². The third-order valence-corrected chi connectivity index (χ3v) is 1.98. The molecular weight excluding hydrogens is 200 g/mol. The number of aromatic nitrogens is 2. The van der Waals surface area contributed by atoms with Crippen molar-refractivity contribution in [2.45, 2.75) is 13.0 Å². The molecule has 1 rings (SSSR count). The van der Waals surface area contributed by atoms with Crippen LogP contribution >= 0.6 is 0 Å². The van der Waals surface area contributed by atoms with Gasteiger partial charge >= 0.3 is 5.82 Å². The van der Waals surface area contributed by atoms with Crippen LogP contribution in [0.5, 0.6) is 0 Å². The summed E-state index contributed by atoms with van der Waals surface area (Å²) in [5.41, 5.74) is 0. The number of hydrogen-bond acceptors (Lipinski definition) is 4. The maximum atomic E-state index is 11.5. The van der Waals surface area contributed by atoms with Crippen molar-refractivity contribution >= 4 is 11.7 Å². The van der Waals surface area contributed by atoms with Crippen LogP contribution in [0.1, 0.15) is 13.0 Å². The Morgan fingerprint density at radius 2 is 2.27 bits per heavy atom. The van der Waals surface area contributed by atoms with E-state index in [1.54, 1.807) is 21.0 Å². The quantitative estimate of drug-likeness (QED) is 0.537. The van der Waals surface area contributed by atoms with Crippen LogP contribution < -0.4 is 0 Å². The lowest BCUT2D eigenvalue weighted by Crippen LogP contribution is -2.30. The summed E-state index contributed by atoms with van der Waals surface area (Å²) in [7, 11) is 3.24. The van der Waals surface area contributed by atoms with Gasteiger partial charge in [0.05, 0.1) is 17.4 Å². The maximum Gasteiger partial charge on any atom is 0.389 e. The van der Waals surface area contributed by atoms with Gasteiger partial charge in [-0.25, -0.2) is 0 Å². The number of nitrogens with zero attached hydrogens (tertiary/aromatic N) is 4. The Labute approximate surface area is 86.4 Å². The van der Waals surface area contributed by atoms with Crippen LogP contribution in [0.2, 0.25) is 0 Å². The molecule has 0 radical (unpaired) electrons. The Hall–Kier alpha value is -1.92. The lowest BCUT2D eigenvalue weighted by molar-refractivity contribution is -0.389. The predicted molar refractivity (Wildman–Crippen MR) is 52.3 cm³/mol. The molecule has 7 heteroatoms. The second-order valence-electron chi connectivity index (χ2n) is 3.32. The summed E-state index contributed by atoms with van der Waals surface area (Å²) in [6, 6.07) is 0.730. The molecule has 1 atom stereocenters. The van der Waals surface area contributed by atoms with E-state index < -0.39 is 11.0 Å². The zero-order chi connectivity index (χ0) is 11.6. The zero-order valence-corrected chi connectivity index (χ0v) is 8.75. The van der Waals surface area contributed by atoms with E-state index in [-0.39, 0.29) is 11.7 Å². The van der Waals surface area contributed by atoms with Gasteiger partial charge in [-0.05, 0) is 11.8 Å². The Morgan fingerprint density at radius 1 is 1.67 bits per heavy atom. The summed E-state index contributed by atoms with van der Waals surface area (Å²) in [5, 5.41) is 14.1. The summed E-state index contributed by atoms with van der Waals surface area (Å²) in [6.45, 7) is 1.64. The molecular formula is C8H12N4O3. The van der Waals surface area contributed by atoms with Crippen molar-refractivity contribution in [3.63, 3.8) is 0 Å². The van der Waals surface area contributed by atoms with Gasteiger partial charge in [0.25, 0.3) is 0 Å². The first-order valence-electron chi connectivity index (χ1n) is 4.34. The van der Waals surface area contributed by atoms with Gasteiger partial charge in [0.1, 0.15) is 6.04 Å². The molecule has 1 aromatic rings. The van der Waals surface area contributed by atoms with E-state index in [4.69, 9.17) is 0 Å². The molecule has 82 valence electrons. The molecule has 0 N–H and O–H groups in total. The number of likely N-dealkylation sites (N-methyl/N-ethyl adjacent to an activating group) is 1. The molecule has 15 heavy (non-hydrogen) atoms. The molecule has 0 aromatic carbocycles. The molecule has 0 aliphatic rings. The predicted octanol–water partition coefficient (Wildman–Crippen LogP) is 0.440. The van der Waals surface area contributed by atoms with Crippen molar-refractivity contribution in [1.29, 1.82) is 0 Å². The van der Waals surface area contributed by atoms with E-state index in [9.17, 15) is 14.9 Å². The number of carbonyl (C=O) groups is 1. The van der Waals surface area contributed by atoms with Crippen molar-refractivity contribution in [1.82, 2.24) is 14.7 Å². The fourth-order valence-electron chi connectivity index (χ4n) is 1.13. The highest BCUT2D eigenvalue weighted by molar-refractivity contribution is 5.79. The zero-order valence-electron chi connectivity index (χ0n) is 8.75. The summed E-state index contributed by atoms with van der Waals surface area (Å²) >= 11 is 0. The number of rotatable bonds is 3. The van der Waals surface area contributed by atoms with E-state index in [0.29, 0.717) is 0 Å². The molecule has 1 heterocycles. The van der Waals surface area contributed by atoms with Crippen molar-refractivity contribution in [2.75, 3.05) is 14.1 Å². The minimum atomic E-state index is -0.594. The monoisotopic (exact) mass is 212 g/mol. The van der Waals surface area contributed by atoms with Crippen molar-refractivity contribution < 1.29 is 9.72 Å². The fourth-order valence-corrected chi connectivity index (χ4v) is 1.13. The minimum Gasteiger partial charge on any atom is -0.358 e. The first-order chi connectivity index (χ1) is 6.93. The number of nitro groups is 1. The van der Waals surface area contributed by atoms with Crippen LogP contribution in [-0.2, 0) is 4.79 Å². The Balaban J connectivity index is 2.87. The molecule has 1 unspecified atom stereocenters. The summed E-state index contributed by atoms with van der Waals surface area (Å²) in [6.07, 6.45) is 1.42. The van der Waals surface area contributed by atoms with Crippen LogP contribution in [0, 0.1) is 10.1 Å². The lowest BCUT2D eigenvalue weighted by atomic mass is 10.3. The lowest BCUT2D eigenvalue weighted by Gasteiger charge is -2.14. The molecule has 0 bridgehead atoms. The van der Waals surface area contributed by atoms with Crippen LogP contribution in [-0.4, -0.2) is 39.6 Å². The summed E-state index contributed by atoms with van der Waals surface area (Å²) < 4.78 is 1.28. The van der Waals surface area contributed by atoms with Crippen LogP contribution in [0.15, 0.2) is 12.3 Å². The first-order valence-corrected chi connectivity index (χ1v) is 4.34. The standard InChI is InChI=1S/C8H12N4O3/c1-6(8(13)10(2)3)11-5-4-7(9-11)12(14)15/h4-6H,1-3H3. The minimum absolute atomic E-state index is 0.159. The first kappa shape index (κ1) is 11.2. The SMILES string of the molecule is CC(C(=O)N(C)C)n1ccc([N+](=O)[O-])n1. The van der Waals surface area contributed by atoms with E-state index in [1.165, 1.54) is 21.8 Å². The van der Waals surface area contributed by atoms with Crippen molar-refractivity contribution in [3.05, 3.63) is 22.4 Å². The van der Waals surface area contributed by atoms with Gasteiger partial charge in [-0.1, -0.05) is 0 Å². The van der Waals surface area contributed by atoms with Gasteiger partial charge in [0.2, 0.25) is 5.91 Å². The third-order valence-electron chi connectivity index (χ3n) is 1.98. The molecule has 0 aliphatic heterocycles. The molecule has 1 aromatic heterocycles. The van der Waals surface area contributed by atoms with Crippen LogP contribution in [0.4, 0.5) is 5.82 Å². The Kier molecular flexibility index (Phi) is 3.03. The van der Waals surface area contributed by atoms with Crippen molar-refractivity contribution in [2.24, 2.45) is 0 Å². The molecule has 7 nitrogen and oxygen atoms in total. The average Bonchev–Trinajstić information content (AvgIpc) is 2.64. The van der Waals surface area contributed by atoms with Gasteiger partial charge < -0.3 is 15.0 Å². The fraction of sp³-hybridized carbons (Fsp3) is 0.500. The summed E-state index contributed by atoms with van der Waals surface area (Å²) in [5.74, 6) is -0.415. The molecule has 0 aliphatic carbocycles. The largest absolute Gasteiger partial charge is 0.389 e. The highest BCUT2D eigenvalue weighted by atomic mass is 16.6. The van der Waals surface area contributed by atoms with Gasteiger partial charge in [-0.2, -0.15) is 4.68 Å². The normalized spacial score (nSPS) is 12.2. The van der Waals surface area contributed by atoms with Gasteiger partial charge in [0, 0.05) is 14.1 Å². The molecule has 0 saturated heterocycles. The number of carbonyl (C=O) groups excluding carboxylic acids is 1. The molecule has 0 saturated carbocycles. The van der Waals surface area contributed by atoms with E-state index in [0.717, 1.165) is 0 Å². The Morgan fingerprint density at radius 3 is 2.67 bits per heavy atom. The number of amides is 1. The third kappa shape index (κ3) is 2.30. The Bertz CT molecular complexity index is 385. The highest BCUT2D eigenvalue weighted by Gasteiger charge is 2.22. The second-order valence-corrected chi connectivity index (χ2v) is 3.32. The molecule has 0 fully saturated rings. The summed E-state index contributed by atoms with van der Waals surface area (Å²) in [4.78, 5) is 22.7. The highest BCUT2D eigenvalue weighted by Crippen LogP contribution is 2.12. The smallest absolute Gasteiger partial charge is 0.358 e. The topological polar surface area (TPSA) is 81.3 Å². The van der Waals surface area contributed by atoms with E-state index in [1.807, 2.05) is 0 Å². The van der Waals surface area contributed by atoms with Gasteiger partial charge in [0.15, 0.2) is 0 Å². The van der Waals surface area contributed by atoms with Crippen LogP contribution in [0.25, 0.3) is 0 Å². The van der Waals surface area contributed by atoms with E-state index >= 15 is 0 Å². The second kappa shape index (κ2) is 4.07. The number of hydrogen-bond donors (Lipinski definition) is 0.